The second kappa shape index (κ2) is 8.63. The molecule has 0 N–H and O–H groups in total. The molecule has 0 saturated carbocycles. The van der Waals surface area contributed by atoms with Gasteiger partial charge in [0.1, 0.15) is 12.2 Å². The van der Waals surface area contributed by atoms with Gasteiger partial charge in [0.25, 0.3) is 0 Å². The number of hydrogen-bond donors (Lipinski definition) is 0. The summed E-state index contributed by atoms with van der Waals surface area (Å²) < 4.78 is 166. The summed E-state index contributed by atoms with van der Waals surface area (Å²) in [4.78, 5) is 0. The lowest BCUT2D eigenvalue weighted by atomic mass is 10.1. The number of rotatable bonds is 6. The highest BCUT2D eigenvalue weighted by Crippen LogP contribution is 2.34. The van der Waals surface area contributed by atoms with Gasteiger partial charge in [-0.05, 0) is 13.8 Å². The van der Waals surface area contributed by atoms with Crippen LogP contribution < -0.4 is 0 Å². The van der Waals surface area contributed by atoms with Crippen molar-refractivity contribution < 1.29 is 60.7 Å². The molecule has 2 aromatic rings. The van der Waals surface area contributed by atoms with Gasteiger partial charge in [0.2, 0.25) is 11.6 Å². The largest absolute Gasteiger partial charge is 0.401 e. The molecule has 0 spiro atoms. The molecular weight excluding hydrogens is 478 g/mol. The molecule has 2 rings (SSSR count). The van der Waals surface area contributed by atoms with Crippen molar-refractivity contribution in [3.63, 3.8) is 0 Å². The molecule has 0 radical (unpaired) electrons. The summed E-state index contributed by atoms with van der Waals surface area (Å²) in [6.45, 7) is 1.03. The third-order valence-corrected chi connectivity index (χ3v) is 4.87. The number of halogens is 10. The lowest BCUT2D eigenvalue weighted by Crippen LogP contribution is -2.20. The smallest absolute Gasteiger partial charge is 0.240 e. The third-order valence-electron chi connectivity index (χ3n) is 3.82. The molecule has 0 aliphatic rings. The third kappa shape index (κ3) is 4.48. The topological polar surface area (TPSA) is 52.6 Å². The average molecular weight is 486 g/mol. The highest BCUT2D eigenvalue weighted by Gasteiger charge is 2.35. The van der Waals surface area contributed by atoms with Crippen LogP contribution in [0.5, 0.6) is 0 Å². The highest BCUT2D eigenvalue weighted by molar-refractivity contribution is 7.81. The Morgan fingerprint density at radius 1 is 0.484 bits per heavy atom. The van der Waals surface area contributed by atoms with E-state index in [-0.39, 0.29) is 0 Å². The van der Waals surface area contributed by atoms with Gasteiger partial charge in [-0.1, -0.05) is 0 Å². The van der Waals surface area contributed by atoms with E-state index >= 15 is 0 Å². The Morgan fingerprint density at radius 2 is 0.677 bits per heavy atom. The lowest BCUT2D eigenvalue weighted by Gasteiger charge is -2.19. The normalized spacial score (nSPS) is 14.1. The van der Waals surface area contributed by atoms with Crippen LogP contribution in [0.3, 0.4) is 0 Å². The molecule has 2 unspecified atom stereocenters. The molecule has 172 valence electrons. The fraction of sp³-hybridized carbons (Fsp3) is 0.250. The first-order chi connectivity index (χ1) is 14.1. The molecule has 0 aliphatic heterocycles. The van der Waals surface area contributed by atoms with Gasteiger partial charge in [-0.25, -0.2) is 52.3 Å². The molecule has 0 saturated heterocycles. The van der Waals surface area contributed by atoms with Crippen molar-refractivity contribution in [1.29, 1.82) is 0 Å². The minimum Gasteiger partial charge on any atom is -0.240 e. The second-order valence-electron chi connectivity index (χ2n) is 5.85. The van der Waals surface area contributed by atoms with Crippen molar-refractivity contribution in [3.05, 3.63) is 69.3 Å². The van der Waals surface area contributed by atoms with Crippen LogP contribution >= 0.6 is 0 Å². The van der Waals surface area contributed by atoms with Crippen molar-refractivity contribution in [2.45, 2.75) is 26.1 Å². The second-order valence-corrected chi connectivity index (χ2v) is 7.05. The van der Waals surface area contributed by atoms with E-state index in [1.165, 1.54) is 0 Å². The van der Waals surface area contributed by atoms with Gasteiger partial charge >= 0.3 is 10.4 Å². The predicted octanol–water partition coefficient (Wildman–Crippen LogP) is 5.18. The van der Waals surface area contributed by atoms with Gasteiger partial charge in [0.05, 0.1) is 11.1 Å². The molecule has 0 aromatic heterocycles. The monoisotopic (exact) mass is 486 g/mol. The summed E-state index contributed by atoms with van der Waals surface area (Å²) >= 11 is 0. The quantitative estimate of drug-likeness (QED) is 0.321. The molecule has 0 amide bonds. The Morgan fingerprint density at radius 3 is 0.903 bits per heavy atom. The van der Waals surface area contributed by atoms with Crippen LogP contribution in [0.1, 0.15) is 37.2 Å². The van der Waals surface area contributed by atoms with E-state index in [0.29, 0.717) is 13.8 Å². The maximum atomic E-state index is 13.7. The molecule has 4 nitrogen and oxygen atoms in total. The van der Waals surface area contributed by atoms with Crippen molar-refractivity contribution in [1.82, 2.24) is 0 Å². The van der Waals surface area contributed by atoms with E-state index in [4.69, 9.17) is 0 Å². The van der Waals surface area contributed by atoms with Gasteiger partial charge in [-0.15, -0.1) is 0 Å². The summed E-state index contributed by atoms with van der Waals surface area (Å²) in [6, 6.07) is 0. The highest BCUT2D eigenvalue weighted by atomic mass is 32.3. The molecule has 0 bridgehead atoms. The fourth-order valence-electron chi connectivity index (χ4n) is 2.43. The van der Waals surface area contributed by atoms with E-state index in [9.17, 15) is 52.3 Å². The Balaban J connectivity index is 2.38. The molecule has 2 aromatic carbocycles. The predicted molar refractivity (Wildman–Crippen MR) is 80.4 cm³/mol. The van der Waals surface area contributed by atoms with Gasteiger partial charge < -0.3 is 0 Å². The minimum absolute atomic E-state index is 0.516. The first kappa shape index (κ1) is 24.9. The van der Waals surface area contributed by atoms with E-state index in [0.717, 1.165) is 0 Å². The first-order valence-corrected chi connectivity index (χ1v) is 9.09. The zero-order valence-corrected chi connectivity index (χ0v) is 15.8. The van der Waals surface area contributed by atoms with Crippen LogP contribution in [-0.2, 0) is 18.8 Å². The summed E-state index contributed by atoms with van der Waals surface area (Å²) in [7, 11) is -5.56. The van der Waals surface area contributed by atoms with Gasteiger partial charge in [-0.3, -0.25) is 0 Å². The summed E-state index contributed by atoms with van der Waals surface area (Å²) in [5.74, 6) is -24.5. The van der Waals surface area contributed by atoms with Crippen LogP contribution in [0.15, 0.2) is 0 Å². The zero-order valence-electron chi connectivity index (χ0n) is 15.0. The van der Waals surface area contributed by atoms with Crippen LogP contribution in [0, 0.1) is 58.2 Å². The van der Waals surface area contributed by atoms with E-state index in [2.05, 4.69) is 8.37 Å². The Bertz CT molecular complexity index is 1010. The molecule has 31 heavy (non-hydrogen) atoms. The lowest BCUT2D eigenvalue weighted by molar-refractivity contribution is 0.129. The molecular formula is C16H8F10O4S. The zero-order chi connectivity index (χ0) is 24.0. The molecule has 2 atom stereocenters. The van der Waals surface area contributed by atoms with Crippen molar-refractivity contribution in [3.8, 4) is 0 Å². The van der Waals surface area contributed by atoms with Gasteiger partial charge in [-0.2, -0.15) is 8.42 Å². The summed E-state index contributed by atoms with van der Waals surface area (Å²) in [5.41, 5.74) is -3.46. The van der Waals surface area contributed by atoms with E-state index in [1.54, 1.807) is 0 Å². The Kier molecular flexibility index (Phi) is 6.92. The Labute approximate surface area is 167 Å². The van der Waals surface area contributed by atoms with Crippen LogP contribution in [-0.4, -0.2) is 8.42 Å². The minimum atomic E-state index is -5.56. The maximum absolute atomic E-state index is 13.7. The molecule has 0 heterocycles. The van der Waals surface area contributed by atoms with Crippen LogP contribution in [0.4, 0.5) is 43.9 Å². The van der Waals surface area contributed by atoms with Gasteiger partial charge in [0, 0.05) is 0 Å². The number of benzene rings is 2. The van der Waals surface area contributed by atoms with Gasteiger partial charge in [0.15, 0.2) is 46.5 Å². The fourth-order valence-corrected chi connectivity index (χ4v) is 3.37. The van der Waals surface area contributed by atoms with E-state index < -0.39 is 91.9 Å². The first-order valence-electron chi connectivity index (χ1n) is 7.76. The van der Waals surface area contributed by atoms with Crippen molar-refractivity contribution in [2.75, 3.05) is 0 Å². The molecule has 0 fully saturated rings. The molecule has 0 aliphatic carbocycles. The Hall–Kier alpha value is -2.39. The summed E-state index contributed by atoms with van der Waals surface area (Å²) in [5, 5.41) is 0. The van der Waals surface area contributed by atoms with E-state index in [1.807, 2.05) is 0 Å². The standard InChI is InChI=1S/C16H8F10O4S/c1-3(5-7(17)11(21)15(25)12(22)8(5)18)29-31(27,28)30-4(2)6-9(19)13(23)16(26)14(24)10(6)20/h3-4H,1-2H3. The summed E-state index contributed by atoms with van der Waals surface area (Å²) in [6.07, 6.45) is -4.86. The SMILES string of the molecule is CC(OS(=O)(=O)OC(C)c1c(F)c(F)c(F)c(F)c1F)c1c(F)c(F)c(F)c(F)c1F. The van der Waals surface area contributed by atoms with Crippen LogP contribution in [0.25, 0.3) is 0 Å². The molecule has 15 heteroatoms. The van der Waals surface area contributed by atoms with Crippen LogP contribution in [0.2, 0.25) is 0 Å². The maximum Gasteiger partial charge on any atom is 0.401 e. The van der Waals surface area contributed by atoms with Crippen molar-refractivity contribution >= 4 is 10.4 Å². The average Bonchev–Trinajstić information content (AvgIpc) is 2.67. The van der Waals surface area contributed by atoms with Crippen molar-refractivity contribution in [2.24, 2.45) is 0 Å². The number of hydrogen-bond acceptors (Lipinski definition) is 4.